The molecule has 0 heterocycles. The van der Waals surface area contributed by atoms with Crippen LogP contribution in [0.5, 0.6) is 0 Å². The molecule has 0 radical (unpaired) electrons. The molecule has 0 aromatic heterocycles. The number of carbonyl (C=O) groups is 4. The molecule has 0 amide bonds. The Balaban J connectivity index is 5.37. The van der Waals surface area contributed by atoms with Gasteiger partial charge in [-0.3, -0.25) is 37.3 Å². The zero-order valence-corrected chi connectivity index (χ0v) is 61.8. The fraction of sp³-hybridized carbons (Fsp3) is 0.714. The summed E-state index contributed by atoms with van der Waals surface area (Å²) < 4.78 is 68.2. The first-order chi connectivity index (χ1) is 46.7. The van der Waals surface area contributed by atoms with Crippen LogP contribution in [0.4, 0.5) is 0 Å². The number of hydrogen-bond acceptors (Lipinski definition) is 15. The van der Waals surface area contributed by atoms with Crippen molar-refractivity contribution in [3.63, 3.8) is 0 Å². The highest BCUT2D eigenvalue weighted by atomic mass is 31.2. The largest absolute Gasteiger partial charge is 0.472 e. The van der Waals surface area contributed by atoms with Gasteiger partial charge < -0.3 is 33.8 Å². The number of phosphoric acid groups is 2. The lowest BCUT2D eigenvalue weighted by atomic mass is 10.1. The van der Waals surface area contributed by atoms with Crippen molar-refractivity contribution in [3.05, 3.63) is 109 Å². The van der Waals surface area contributed by atoms with Crippen molar-refractivity contribution in [1.29, 1.82) is 0 Å². The predicted molar refractivity (Wildman–Crippen MR) is 390 cm³/mol. The van der Waals surface area contributed by atoms with E-state index in [1.165, 1.54) is 64.2 Å². The summed E-state index contributed by atoms with van der Waals surface area (Å²) in [5.74, 6) is -2.29. The Labute approximate surface area is 581 Å². The zero-order chi connectivity index (χ0) is 70.4. The summed E-state index contributed by atoms with van der Waals surface area (Å²) in [5.41, 5.74) is 0. The van der Waals surface area contributed by atoms with Crippen LogP contribution in [0.25, 0.3) is 0 Å². The highest BCUT2D eigenvalue weighted by molar-refractivity contribution is 7.47. The first-order valence-electron chi connectivity index (χ1n) is 37.1. The van der Waals surface area contributed by atoms with E-state index in [4.69, 9.17) is 37.0 Å². The van der Waals surface area contributed by atoms with E-state index in [9.17, 15) is 43.2 Å². The molecule has 0 aliphatic rings. The maximum absolute atomic E-state index is 13.0. The number of aliphatic hydroxyl groups excluding tert-OH is 1. The van der Waals surface area contributed by atoms with Crippen LogP contribution in [-0.2, 0) is 65.4 Å². The van der Waals surface area contributed by atoms with Crippen LogP contribution in [0.3, 0.4) is 0 Å². The number of unbranched alkanes of at least 4 members (excludes halogenated alkanes) is 25. The van der Waals surface area contributed by atoms with Crippen molar-refractivity contribution in [2.75, 3.05) is 39.6 Å². The van der Waals surface area contributed by atoms with Crippen molar-refractivity contribution in [3.8, 4) is 0 Å². The van der Waals surface area contributed by atoms with Crippen molar-refractivity contribution in [2.24, 2.45) is 0 Å². The molecule has 0 aliphatic heterocycles. The third kappa shape index (κ3) is 68.3. The van der Waals surface area contributed by atoms with E-state index in [-0.39, 0.29) is 25.7 Å². The molecule has 3 N–H and O–H groups in total. The average molecular weight is 1390 g/mol. The summed E-state index contributed by atoms with van der Waals surface area (Å²) >= 11 is 0. The minimum atomic E-state index is -4.99. The molecule has 19 heteroatoms. The number of allylic oxidation sites excluding steroid dienone is 18. The fourth-order valence-electron chi connectivity index (χ4n) is 9.57. The maximum atomic E-state index is 13.0. The zero-order valence-electron chi connectivity index (χ0n) is 60.0. The molecular weight excluding hydrogens is 1260 g/mol. The number of hydrogen-bond donors (Lipinski definition) is 3. The normalized spacial score (nSPS) is 14.6. The number of aliphatic hydroxyl groups is 1. The quantitative estimate of drug-likeness (QED) is 0.0169. The van der Waals surface area contributed by atoms with Crippen molar-refractivity contribution in [1.82, 2.24) is 0 Å². The van der Waals surface area contributed by atoms with Crippen LogP contribution < -0.4 is 0 Å². The summed E-state index contributed by atoms with van der Waals surface area (Å²) in [6.45, 7) is 4.56. The van der Waals surface area contributed by atoms with Crippen molar-refractivity contribution in [2.45, 2.75) is 316 Å². The third-order valence-electron chi connectivity index (χ3n) is 15.2. The third-order valence-corrected chi connectivity index (χ3v) is 17.1. The lowest BCUT2D eigenvalue weighted by Crippen LogP contribution is -2.30. The molecule has 0 bridgehead atoms. The van der Waals surface area contributed by atoms with Crippen molar-refractivity contribution >= 4 is 39.5 Å². The maximum Gasteiger partial charge on any atom is 0.472 e. The van der Waals surface area contributed by atoms with Gasteiger partial charge >= 0.3 is 39.5 Å². The van der Waals surface area contributed by atoms with Gasteiger partial charge in [-0.05, 0) is 116 Å². The Bertz CT molecular complexity index is 2250. The molecular formula is C77H132O17P2. The van der Waals surface area contributed by atoms with Crippen LogP contribution in [0, 0.1) is 0 Å². The van der Waals surface area contributed by atoms with E-state index < -0.39 is 97.5 Å². The van der Waals surface area contributed by atoms with Crippen LogP contribution in [0.2, 0.25) is 0 Å². The SMILES string of the molecule is CC/C=C\C/C=C\C/C=C\C/C=C\C/C=C\C/C=C\CCC(=O)OCC(COP(=O)(O)OCC(O)COP(=O)(O)OCC(COC(=O)CCCCCCC/C=C\C/C=C\CCC)OC(=O)CCCCCCC/C=C\CCCCCC)OC(=O)CCCCCCCCCCCCC. The van der Waals surface area contributed by atoms with Crippen LogP contribution >= 0.6 is 15.6 Å². The second-order valence-electron chi connectivity index (χ2n) is 24.5. The van der Waals surface area contributed by atoms with Gasteiger partial charge in [0.15, 0.2) is 12.2 Å². The van der Waals surface area contributed by atoms with Gasteiger partial charge in [-0.1, -0.05) is 265 Å². The minimum absolute atomic E-state index is 0.0365. The van der Waals surface area contributed by atoms with Crippen LogP contribution in [0.1, 0.15) is 297 Å². The molecule has 0 fully saturated rings. The lowest BCUT2D eigenvalue weighted by Gasteiger charge is -2.21. The van der Waals surface area contributed by atoms with Gasteiger partial charge in [0.05, 0.1) is 26.4 Å². The van der Waals surface area contributed by atoms with Gasteiger partial charge in [-0.15, -0.1) is 0 Å². The second kappa shape index (κ2) is 69.2. The van der Waals surface area contributed by atoms with Gasteiger partial charge in [0.1, 0.15) is 19.3 Å². The molecule has 0 rings (SSSR count). The minimum Gasteiger partial charge on any atom is -0.462 e. The molecule has 0 saturated heterocycles. The smallest absolute Gasteiger partial charge is 0.462 e. The number of rotatable bonds is 69. The molecule has 0 aliphatic carbocycles. The topological polar surface area (TPSA) is 237 Å². The van der Waals surface area contributed by atoms with E-state index in [0.717, 1.165) is 148 Å². The molecule has 96 heavy (non-hydrogen) atoms. The standard InChI is InChI=1S/C77H132O17P2/c1-5-9-13-17-21-25-29-32-33-34-35-36-37-40-43-46-50-54-58-62-75(80)88-67-72(93-76(81)63-59-55-51-47-41-28-24-20-16-12-8-4)69-91-95(83,84)89-65-71(78)66-90-96(85,86)92-70-73(94-77(82)64-60-56-52-48-44-39-31-27-23-19-15-11-7-3)68-87-74(79)61-57-53-49-45-42-38-30-26-22-18-14-10-6-2/h9,13-14,18,21,25-27,30-33,35-36,40,43,50,54,71-73,78H,5-8,10-12,15-17,19-20,22-24,28-29,34,37-39,41-42,44-49,51-53,55-70H2,1-4H3,(H,83,84)(H,85,86)/b13-9-,18-14-,25-21-,30-26-,31-27-,33-32-,36-35-,43-40-,54-50-. The molecule has 0 spiro atoms. The van der Waals surface area contributed by atoms with Gasteiger partial charge in [0, 0.05) is 25.7 Å². The van der Waals surface area contributed by atoms with Crippen molar-refractivity contribution < 1.29 is 80.2 Å². The van der Waals surface area contributed by atoms with Gasteiger partial charge in [0.25, 0.3) is 0 Å². The summed E-state index contributed by atoms with van der Waals surface area (Å²) in [6, 6.07) is 0. The van der Waals surface area contributed by atoms with Gasteiger partial charge in [-0.2, -0.15) is 0 Å². The fourth-order valence-corrected chi connectivity index (χ4v) is 11.2. The van der Waals surface area contributed by atoms with Gasteiger partial charge in [-0.25, -0.2) is 9.13 Å². The number of esters is 4. The molecule has 17 nitrogen and oxygen atoms in total. The Morgan fingerprint density at radius 2 is 0.583 bits per heavy atom. The summed E-state index contributed by atoms with van der Waals surface area (Å²) in [4.78, 5) is 72.6. The van der Waals surface area contributed by atoms with E-state index in [2.05, 4.69) is 119 Å². The van der Waals surface area contributed by atoms with E-state index in [1.54, 1.807) is 0 Å². The van der Waals surface area contributed by atoms with E-state index in [0.29, 0.717) is 32.1 Å². The Morgan fingerprint density at radius 1 is 0.302 bits per heavy atom. The van der Waals surface area contributed by atoms with Crippen LogP contribution in [-0.4, -0.2) is 96.7 Å². The molecule has 5 unspecified atom stereocenters. The summed E-state index contributed by atoms with van der Waals surface area (Å²) in [7, 11) is -9.96. The molecule has 552 valence electrons. The molecule has 0 aromatic carbocycles. The number of carbonyl (C=O) groups excluding carboxylic acids is 4. The first-order valence-corrected chi connectivity index (χ1v) is 40.1. The number of phosphoric ester groups is 2. The predicted octanol–water partition coefficient (Wildman–Crippen LogP) is 21.0. The average Bonchev–Trinajstić information content (AvgIpc) is 1.11. The second-order valence-corrected chi connectivity index (χ2v) is 27.4. The van der Waals surface area contributed by atoms with Crippen LogP contribution in [0.15, 0.2) is 109 Å². The number of ether oxygens (including phenoxy) is 4. The monoisotopic (exact) mass is 1390 g/mol. The molecule has 0 saturated carbocycles. The van der Waals surface area contributed by atoms with E-state index in [1.807, 2.05) is 18.2 Å². The van der Waals surface area contributed by atoms with Gasteiger partial charge in [0.2, 0.25) is 0 Å². The summed E-state index contributed by atoms with van der Waals surface area (Å²) in [6.07, 6.45) is 72.5. The van der Waals surface area contributed by atoms with E-state index >= 15 is 0 Å². The highest BCUT2D eigenvalue weighted by Gasteiger charge is 2.30. The Hall–Kier alpha value is -4.28. The Morgan fingerprint density at radius 3 is 0.958 bits per heavy atom. The lowest BCUT2D eigenvalue weighted by molar-refractivity contribution is -0.161. The molecule has 5 atom stereocenters. The first kappa shape index (κ1) is 91.7. The Kier molecular flexibility index (Phi) is 66.1. The summed E-state index contributed by atoms with van der Waals surface area (Å²) in [5, 5.41) is 10.6. The highest BCUT2D eigenvalue weighted by Crippen LogP contribution is 2.45. The molecule has 0 aromatic rings.